The Hall–Kier alpha value is -3.00. The Morgan fingerprint density at radius 1 is 1.28 bits per heavy atom. The van der Waals surface area contributed by atoms with Crippen molar-refractivity contribution in [3.8, 4) is 5.75 Å². The summed E-state index contributed by atoms with van der Waals surface area (Å²) in [7, 11) is 0. The molecule has 2 aromatic carbocycles. The second kappa shape index (κ2) is 9.00. The van der Waals surface area contributed by atoms with E-state index in [9.17, 15) is 18.4 Å². The van der Waals surface area contributed by atoms with Crippen LogP contribution in [-0.2, 0) is 6.54 Å². The number of hydrogen-bond donors (Lipinski definition) is 1. The summed E-state index contributed by atoms with van der Waals surface area (Å²) in [5.41, 5.74) is 0.0565. The van der Waals surface area contributed by atoms with E-state index in [2.05, 4.69) is 14.7 Å². The van der Waals surface area contributed by atoms with E-state index in [-0.39, 0.29) is 29.2 Å². The molecular formula is C20H18ClF2N3O3. The zero-order chi connectivity index (χ0) is 21.0. The van der Waals surface area contributed by atoms with Gasteiger partial charge in [-0.25, -0.2) is 4.98 Å². The van der Waals surface area contributed by atoms with E-state index in [4.69, 9.17) is 11.6 Å². The number of halogens is 3. The lowest BCUT2D eigenvalue weighted by Crippen LogP contribution is -2.33. The molecule has 0 unspecified atom stereocenters. The smallest absolute Gasteiger partial charge is 0.387 e. The molecule has 0 aliphatic rings. The summed E-state index contributed by atoms with van der Waals surface area (Å²) in [5.74, 6) is -0.448. The predicted octanol–water partition coefficient (Wildman–Crippen LogP) is 4.23. The van der Waals surface area contributed by atoms with Gasteiger partial charge in [0, 0.05) is 11.6 Å². The molecule has 1 aromatic heterocycles. The minimum absolute atomic E-state index is 0.00657. The Bertz CT molecular complexity index is 1090. The molecule has 3 aromatic rings. The molecule has 29 heavy (non-hydrogen) atoms. The first-order chi connectivity index (χ1) is 13.9. The molecule has 0 atom stereocenters. The van der Waals surface area contributed by atoms with Crippen molar-refractivity contribution in [3.63, 3.8) is 0 Å². The summed E-state index contributed by atoms with van der Waals surface area (Å²) in [6, 6.07) is 10.5. The van der Waals surface area contributed by atoms with Gasteiger partial charge in [-0.05, 0) is 36.8 Å². The van der Waals surface area contributed by atoms with Crippen molar-refractivity contribution in [2.75, 3.05) is 6.54 Å². The molecule has 152 valence electrons. The van der Waals surface area contributed by atoms with Crippen molar-refractivity contribution < 1.29 is 18.3 Å². The minimum Gasteiger partial charge on any atom is -0.434 e. The molecule has 6 nitrogen and oxygen atoms in total. The van der Waals surface area contributed by atoms with Crippen LogP contribution in [0.25, 0.3) is 10.9 Å². The van der Waals surface area contributed by atoms with Crippen LogP contribution in [0.3, 0.4) is 0 Å². The lowest BCUT2D eigenvalue weighted by Gasteiger charge is -2.23. The van der Waals surface area contributed by atoms with Crippen LogP contribution in [0.1, 0.15) is 29.5 Å². The summed E-state index contributed by atoms with van der Waals surface area (Å²) >= 11 is 5.98. The maximum Gasteiger partial charge on any atom is 0.387 e. The van der Waals surface area contributed by atoms with Crippen molar-refractivity contribution in [2.45, 2.75) is 26.5 Å². The number of hydrogen-bond acceptors (Lipinski definition) is 4. The molecule has 1 amide bonds. The molecule has 0 aliphatic carbocycles. The highest BCUT2D eigenvalue weighted by molar-refractivity contribution is 6.31. The monoisotopic (exact) mass is 421 g/mol. The van der Waals surface area contributed by atoms with Crippen LogP contribution in [0.4, 0.5) is 8.78 Å². The normalized spacial score (nSPS) is 11.1. The number of carbonyl (C=O) groups excluding carboxylic acids is 1. The third-order valence-corrected chi connectivity index (χ3v) is 4.41. The molecule has 3 rings (SSSR count). The average Bonchev–Trinajstić information content (AvgIpc) is 2.67. The highest BCUT2D eigenvalue weighted by Gasteiger charge is 2.22. The van der Waals surface area contributed by atoms with Gasteiger partial charge in [-0.1, -0.05) is 30.7 Å². The topological polar surface area (TPSA) is 75.3 Å². The summed E-state index contributed by atoms with van der Waals surface area (Å²) in [4.78, 5) is 33.8. The van der Waals surface area contributed by atoms with Gasteiger partial charge in [0.1, 0.15) is 11.6 Å². The number of rotatable bonds is 7. The van der Waals surface area contributed by atoms with Gasteiger partial charge in [0.05, 0.1) is 23.0 Å². The summed E-state index contributed by atoms with van der Waals surface area (Å²) in [5, 5.41) is 0.809. The number of ether oxygens (including phenoxy) is 1. The highest BCUT2D eigenvalue weighted by Crippen LogP contribution is 2.23. The standard InChI is InChI=1S/C20H18ClF2N3O3/c1-2-9-26(19(28)14-5-3-4-6-16(14)29-20(22)23)11-17-24-15-10-12(21)7-8-13(15)18(27)25-17/h3-8,10,20H,2,9,11H2,1H3,(H,24,25,27). The first-order valence-electron chi connectivity index (χ1n) is 8.90. The molecule has 0 saturated heterocycles. The molecule has 0 saturated carbocycles. The largest absolute Gasteiger partial charge is 0.434 e. The molecule has 0 bridgehead atoms. The molecule has 0 aliphatic heterocycles. The van der Waals surface area contributed by atoms with Crippen molar-refractivity contribution in [3.05, 3.63) is 69.2 Å². The van der Waals surface area contributed by atoms with Gasteiger partial charge in [-0.3, -0.25) is 9.59 Å². The molecule has 0 fully saturated rings. The lowest BCUT2D eigenvalue weighted by atomic mass is 10.1. The van der Waals surface area contributed by atoms with Crippen LogP contribution in [0.5, 0.6) is 5.75 Å². The fourth-order valence-corrected chi connectivity index (χ4v) is 3.12. The Balaban J connectivity index is 1.94. The van der Waals surface area contributed by atoms with Gasteiger partial charge in [0.2, 0.25) is 0 Å². The van der Waals surface area contributed by atoms with Gasteiger partial charge in [-0.2, -0.15) is 8.78 Å². The highest BCUT2D eigenvalue weighted by atomic mass is 35.5. The van der Waals surface area contributed by atoms with Gasteiger partial charge in [0.25, 0.3) is 11.5 Å². The van der Waals surface area contributed by atoms with Gasteiger partial charge < -0.3 is 14.6 Å². The Labute approximate surface area is 170 Å². The lowest BCUT2D eigenvalue weighted by molar-refractivity contribution is -0.0503. The number of amides is 1. The number of alkyl halides is 2. The Morgan fingerprint density at radius 2 is 2.03 bits per heavy atom. The van der Waals surface area contributed by atoms with E-state index in [0.717, 1.165) is 0 Å². The third-order valence-electron chi connectivity index (χ3n) is 4.17. The van der Waals surface area contributed by atoms with Crippen LogP contribution < -0.4 is 10.3 Å². The van der Waals surface area contributed by atoms with E-state index >= 15 is 0 Å². The van der Waals surface area contributed by atoms with Crippen LogP contribution >= 0.6 is 11.6 Å². The van der Waals surface area contributed by atoms with E-state index in [1.165, 1.54) is 23.1 Å². The number of benzene rings is 2. The minimum atomic E-state index is -3.05. The molecular weight excluding hydrogens is 404 g/mol. The fourth-order valence-electron chi connectivity index (χ4n) is 2.95. The molecule has 1 N–H and O–H groups in total. The van der Waals surface area contributed by atoms with Crippen LogP contribution in [0.15, 0.2) is 47.3 Å². The number of nitrogens with one attached hydrogen (secondary N) is 1. The van der Waals surface area contributed by atoms with Gasteiger partial charge in [0.15, 0.2) is 0 Å². The summed E-state index contributed by atoms with van der Waals surface area (Å²) < 4.78 is 29.8. The van der Waals surface area contributed by atoms with Crippen molar-refractivity contribution in [2.24, 2.45) is 0 Å². The van der Waals surface area contributed by atoms with Gasteiger partial charge >= 0.3 is 6.61 Å². The van der Waals surface area contributed by atoms with Crippen molar-refractivity contribution >= 4 is 28.4 Å². The summed E-state index contributed by atoms with van der Waals surface area (Å²) in [6.07, 6.45) is 0.618. The van der Waals surface area contributed by atoms with Crippen LogP contribution in [0, 0.1) is 0 Å². The molecule has 1 heterocycles. The van der Waals surface area contributed by atoms with E-state index in [1.54, 1.807) is 24.3 Å². The number of H-pyrrole nitrogens is 1. The second-order valence-electron chi connectivity index (χ2n) is 6.28. The van der Waals surface area contributed by atoms with Crippen LogP contribution in [0.2, 0.25) is 5.02 Å². The summed E-state index contributed by atoms with van der Waals surface area (Å²) in [6.45, 7) is -0.850. The van der Waals surface area contributed by atoms with E-state index < -0.39 is 12.5 Å². The molecule has 9 heteroatoms. The number of carbonyl (C=O) groups is 1. The van der Waals surface area contributed by atoms with E-state index in [1.807, 2.05) is 6.92 Å². The molecule has 0 radical (unpaired) electrons. The molecule has 0 spiro atoms. The maximum absolute atomic E-state index is 13.0. The predicted molar refractivity (Wildman–Crippen MR) is 105 cm³/mol. The van der Waals surface area contributed by atoms with Crippen LogP contribution in [-0.4, -0.2) is 33.9 Å². The SMILES string of the molecule is CCCN(Cc1nc2cc(Cl)ccc2c(=O)[nH]1)C(=O)c1ccccc1OC(F)F. The number of nitrogens with zero attached hydrogens (tertiary/aromatic N) is 2. The first kappa shape index (κ1) is 20.7. The number of aromatic amines is 1. The fraction of sp³-hybridized carbons (Fsp3) is 0.250. The quantitative estimate of drug-likeness (QED) is 0.619. The van der Waals surface area contributed by atoms with Crippen molar-refractivity contribution in [1.82, 2.24) is 14.9 Å². The zero-order valence-electron chi connectivity index (χ0n) is 15.5. The van der Waals surface area contributed by atoms with E-state index in [0.29, 0.717) is 28.9 Å². The number of aromatic nitrogens is 2. The average molecular weight is 422 g/mol. The Kier molecular flexibility index (Phi) is 6.43. The second-order valence-corrected chi connectivity index (χ2v) is 6.71. The van der Waals surface area contributed by atoms with Gasteiger partial charge in [-0.15, -0.1) is 0 Å². The third kappa shape index (κ3) is 4.89. The zero-order valence-corrected chi connectivity index (χ0v) is 16.2. The maximum atomic E-state index is 13.0. The number of fused-ring (bicyclic) bond motifs is 1. The number of para-hydroxylation sites is 1. The Morgan fingerprint density at radius 3 is 2.76 bits per heavy atom. The first-order valence-corrected chi connectivity index (χ1v) is 9.28. The van der Waals surface area contributed by atoms with Crippen molar-refractivity contribution in [1.29, 1.82) is 0 Å².